The molecule has 0 aromatic carbocycles. The van der Waals surface area contributed by atoms with Crippen molar-refractivity contribution in [1.29, 1.82) is 0 Å². The molecule has 5 nitrogen and oxygen atoms in total. The van der Waals surface area contributed by atoms with Gasteiger partial charge in [0.05, 0.1) is 13.0 Å². The van der Waals surface area contributed by atoms with Gasteiger partial charge in [0, 0.05) is 24.3 Å². The molecular formula is C11H13N3O2. The van der Waals surface area contributed by atoms with Crippen LogP contribution in [0.25, 0.3) is 11.0 Å². The molecule has 0 spiro atoms. The third-order valence-electron chi connectivity index (χ3n) is 2.32. The number of nitrogens with zero attached hydrogens (tertiary/aromatic N) is 1. The Balaban J connectivity index is 2.12. The fourth-order valence-corrected chi connectivity index (χ4v) is 1.59. The van der Waals surface area contributed by atoms with Gasteiger partial charge in [-0.25, -0.2) is 4.98 Å². The van der Waals surface area contributed by atoms with E-state index in [9.17, 15) is 4.79 Å². The van der Waals surface area contributed by atoms with Crippen molar-refractivity contribution in [3.63, 3.8) is 0 Å². The van der Waals surface area contributed by atoms with E-state index in [0.29, 0.717) is 13.0 Å². The minimum absolute atomic E-state index is 0.0405. The van der Waals surface area contributed by atoms with Crippen LogP contribution in [-0.4, -0.2) is 34.1 Å². The highest BCUT2D eigenvalue weighted by Gasteiger charge is 2.08. The summed E-state index contributed by atoms with van der Waals surface area (Å²) in [5, 5.41) is 12.2. The first-order valence-corrected chi connectivity index (χ1v) is 5.10. The molecule has 0 bridgehead atoms. The summed E-state index contributed by atoms with van der Waals surface area (Å²) < 4.78 is 0. The average molecular weight is 219 g/mol. The molecule has 0 saturated heterocycles. The van der Waals surface area contributed by atoms with E-state index in [2.05, 4.69) is 15.3 Å². The lowest BCUT2D eigenvalue weighted by atomic mass is 10.1. The third-order valence-corrected chi connectivity index (χ3v) is 2.32. The van der Waals surface area contributed by atoms with E-state index in [-0.39, 0.29) is 12.5 Å². The zero-order valence-corrected chi connectivity index (χ0v) is 8.73. The number of carbonyl (C=O) groups excluding carboxylic acids is 1. The fraction of sp³-hybridized carbons (Fsp3) is 0.273. The highest BCUT2D eigenvalue weighted by Crippen LogP contribution is 2.15. The first-order chi connectivity index (χ1) is 7.81. The molecule has 0 aliphatic carbocycles. The Labute approximate surface area is 92.5 Å². The van der Waals surface area contributed by atoms with Gasteiger partial charge in [-0.3, -0.25) is 4.79 Å². The molecular weight excluding hydrogens is 206 g/mol. The number of pyridine rings is 1. The summed E-state index contributed by atoms with van der Waals surface area (Å²) in [4.78, 5) is 18.6. The molecule has 2 aromatic heterocycles. The number of hydrogen-bond donors (Lipinski definition) is 3. The molecule has 5 heteroatoms. The zero-order valence-electron chi connectivity index (χ0n) is 8.73. The lowest BCUT2D eigenvalue weighted by molar-refractivity contribution is -0.120. The summed E-state index contributed by atoms with van der Waals surface area (Å²) in [6, 6.07) is 3.76. The minimum Gasteiger partial charge on any atom is -0.395 e. The molecule has 3 N–H and O–H groups in total. The summed E-state index contributed by atoms with van der Waals surface area (Å²) in [6.45, 7) is 0.251. The van der Waals surface area contributed by atoms with E-state index in [1.807, 2.05) is 12.1 Å². The lowest BCUT2D eigenvalue weighted by Gasteiger charge is -2.01. The number of aromatic nitrogens is 2. The van der Waals surface area contributed by atoms with Gasteiger partial charge in [-0.05, 0) is 17.7 Å². The van der Waals surface area contributed by atoms with Gasteiger partial charge >= 0.3 is 0 Å². The Morgan fingerprint density at radius 3 is 3.25 bits per heavy atom. The SMILES string of the molecule is O=C(Cc1c[nH]c2ncccc12)NCCO. The third kappa shape index (κ3) is 2.20. The average Bonchev–Trinajstić information content (AvgIpc) is 2.70. The van der Waals surface area contributed by atoms with Gasteiger partial charge in [0.1, 0.15) is 5.65 Å². The lowest BCUT2D eigenvalue weighted by Crippen LogP contribution is -2.27. The molecule has 2 rings (SSSR count). The van der Waals surface area contributed by atoms with Crippen LogP contribution in [-0.2, 0) is 11.2 Å². The summed E-state index contributed by atoms with van der Waals surface area (Å²) in [5.74, 6) is -0.0983. The van der Waals surface area contributed by atoms with Crippen molar-refractivity contribution in [2.24, 2.45) is 0 Å². The predicted octanol–water partition coefficient (Wildman–Crippen LogP) is 0.214. The van der Waals surface area contributed by atoms with E-state index in [4.69, 9.17) is 5.11 Å². The van der Waals surface area contributed by atoms with Crippen LogP contribution in [0, 0.1) is 0 Å². The second-order valence-corrected chi connectivity index (χ2v) is 3.46. The number of H-pyrrole nitrogens is 1. The molecule has 0 fully saturated rings. The quantitative estimate of drug-likeness (QED) is 0.688. The Bertz CT molecular complexity index is 493. The van der Waals surface area contributed by atoms with Gasteiger partial charge in [-0.1, -0.05) is 0 Å². The minimum atomic E-state index is -0.0983. The normalized spacial score (nSPS) is 10.6. The smallest absolute Gasteiger partial charge is 0.224 e. The molecule has 0 atom stereocenters. The van der Waals surface area contributed by atoms with Crippen LogP contribution in [0.5, 0.6) is 0 Å². The van der Waals surface area contributed by atoms with Crippen LogP contribution in [0.1, 0.15) is 5.56 Å². The highest BCUT2D eigenvalue weighted by atomic mass is 16.3. The largest absolute Gasteiger partial charge is 0.395 e. The van der Waals surface area contributed by atoms with E-state index in [1.54, 1.807) is 12.4 Å². The fourth-order valence-electron chi connectivity index (χ4n) is 1.59. The molecule has 0 unspecified atom stereocenters. The second-order valence-electron chi connectivity index (χ2n) is 3.46. The van der Waals surface area contributed by atoms with Crippen LogP contribution in [0.15, 0.2) is 24.5 Å². The predicted molar refractivity (Wildman–Crippen MR) is 59.9 cm³/mol. The molecule has 0 aliphatic rings. The Morgan fingerprint density at radius 1 is 1.56 bits per heavy atom. The highest BCUT2D eigenvalue weighted by molar-refractivity contribution is 5.86. The van der Waals surface area contributed by atoms with Gasteiger partial charge < -0.3 is 15.4 Å². The first-order valence-electron chi connectivity index (χ1n) is 5.10. The van der Waals surface area contributed by atoms with Crippen molar-refractivity contribution >= 4 is 16.9 Å². The number of aliphatic hydroxyl groups is 1. The van der Waals surface area contributed by atoms with Crippen LogP contribution in [0.3, 0.4) is 0 Å². The van der Waals surface area contributed by atoms with Gasteiger partial charge in [0.2, 0.25) is 5.91 Å². The van der Waals surface area contributed by atoms with Gasteiger partial charge in [-0.15, -0.1) is 0 Å². The van der Waals surface area contributed by atoms with Crippen molar-refractivity contribution in [3.8, 4) is 0 Å². The van der Waals surface area contributed by atoms with Crippen molar-refractivity contribution in [2.75, 3.05) is 13.2 Å². The molecule has 2 aromatic rings. The zero-order chi connectivity index (χ0) is 11.4. The Hall–Kier alpha value is -1.88. The molecule has 1 amide bonds. The number of fused-ring (bicyclic) bond motifs is 1. The number of aliphatic hydroxyl groups excluding tert-OH is 1. The summed E-state index contributed by atoms with van der Waals surface area (Å²) in [5.41, 5.74) is 1.70. The monoisotopic (exact) mass is 219 g/mol. The number of hydrogen-bond acceptors (Lipinski definition) is 3. The van der Waals surface area contributed by atoms with Gasteiger partial charge in [-0.2, -0.15) is 0 Å². The molecule has 16 heavy (non-hydrogen) atoms. The summed E-state index contributed by atoms with van der Waals surface area (Å²) in [6.07, 6.45) is 3.79. The maximum Gasteiger partial charge on any atom is 0.224 e. The summed E-state index contributed by atoms with van der Waals surface area (Å²) >= 11 is 0. The first kappa shape index (κ1) is 10.6. The summed E-state index contributed by atoms with van der Waals surface area (Å²) in [7, 11) is 0. The second kappa shape index (κ2) is 4.76. The Morgan fingerprint density at radius 2 is 2.44 bits per heavy atom. The number of nitrogens with one attached hydrogen (secondary N) is 2. The molecule has 0 saturated carbocycles. The van der Waals surface area contributed by atoms with Crippen LogP contribution in [0.4, 0.5) is 0 Å². The van der Waals surface area contributed by atoms with Crippen molar-refractivity contribution in [1.82, 2.24) is 15.3 Å². The Kier molecular flexibility index (Phi) is 3.16. The van der Waals surface area contributed by atoms with E-state index in [0.717, 1.165) is 16.6 Å². The van der Waals surface area contributed by atoms with Crippen LogP contribution in [0.2, 0.25) is 0 Å². The molecule has 2 heterocycles. The van der Waals surface area contributed by atoms with Crippen molar-refractivity contribution < 1.29 is 9.90 Å². The van der Waals surface area contributed by atoms with Gasteiger partial charge in [0.25, 0.3) is 0 Å². The van der Waals surface area contributed by atoms with Crippen LogP contribution < -0.4 is 5.32 Å². The van der Waals surface area contributed by atoms with Crippen LogP contribution >= 0.6 is 0 Å². The number of amides is 1. The maximum absolute atomic E-state index is 11.5. The topological polar surface area (TPSA) is 78.0 Å². The molecule has 84 valence electrons. The number of carbonyl (C=O) groups is 1. The van der Waals surface area contributed by atoms with Crippen molar-refractivity contribution in [3.05, 3.63) is 30.1 Å². The number of aromatic amines is 1. The van der Waals surface area contributed by atoms with E-state index >= 15 is 0 Å². The molecule has 0 aliphatic heterocycles. The molecule has 0 radical (unpaired) electrons. The van der Waals surface area contributed by atoms with E-state index < -0.39 is 0 Å². The number of rotatable bonds is 4. The van der Waals surface area contributed by atoms with Crippen molar-refractivity contribution in [2.45, 2.75) is 6.42 Å². The van der Waals surface area contributed by atoms with Gasteiger partial charge in [0.15, 0.2) is 0 Å². The maximum atomic E-state index is 11.5. The standard InChI is InChI=1S/C11H13N3O2/c15-5-4-12-10(16)6-8-7-14-11-9(8)2-1-3-13-11/h1-3,7,15H,4-6H2,(H,12,16)(H,13,14). The van der Waals surface area contributed by atoms with E-state index in [1.165, 1.54) is 0 Å².